The van der Waals surface area contributed by atoms with E-state index in [0.29, 0.717) is 25.8 Å². The Morgan fingerprint density at radius 2 is 1.86 bits per heavy atom. The summed E-state index contributed by atoms with van der Waals surface area (Å²) in [6.07, 6.45) is 3.51. The van der Waals surface area contributed by atoms with Crippen LogP contribution in [0.5, 0.6) is 0 Å². The first kappa shape index (κ1) is 15.8. The Balaban J connectivity index is 1.66. The number of nitrogens with one attached hydrogen (secondary N) is 1. The Morgan fingerprint density at radius 3 is 2.48 bits per heavy atom. The summed E-state index contributed by atoms with van der Waals surface area (Å²) in [5, 5.41) is 12.6. The number of aliphatic carboxylic acids is 1. The monoisotopic (exact) mass is 309 g/mol. The lowest BCUT2D eigenvalue weighted by atomic mass is 10.0. The first-order valence-electron chi connectivity index (χ1n) is 7.31. The van der Waals surface area contributed by atoms with Crippen LogP contribution in [0.25, 0.3) is 0 Å². The third-order valence-corrected chi connectivity index (χ3v) is 4.26. The van der Waals surface area contributed by atoms with Crippen molar-refractivity contribution in [1.29, 1.82) is 0 Å². The number of hydrogen-bond acceptors (Lipinski definition) is 2. The predicted octanol–water partition coefficient (Wildman–Crippen LogP) is 2.89. The molecule has 1 saturated carbocycles. The minimum absolute atomic E-state index is 0.00476. The number of halogens is 1. The maximum atomic E-state index is 11.9. The fraction of sp³-hybridized carbons (Fsp3) is 0.500. The molecule has 1 amide bonds. The van der Waals surface area contributed by atoms with Gasteiger partial charge >= 0.3 is 5.97 Å². The number of rotatable bonds is 6. The van der Waals surface area contributed by atoms with E-state index >= 15 is 0 Å². The first-order valence-corrected chi connectivity index (χ1v) is 7.69. The molecule has 0 unspecified atom stereocenters. The molecule has 1 aromatic carbocycles. The van der Waals surface area contributed by atoms with Gasteiger partial charge in [-0.2, -0.15) is 0 Å². The zero-order valence-corrected chi connectivity index (χ0v) is 12.6. The zero-order chi connectivity index (χ0) is 15.2. The SMILES string of the molecule is O=C(O)[C@@H]1CC[C@H](C(=O)NCCCc2ccc(Cl)cc2)C1. The van der Waals surface area contributed by atoms with Gasteiger partial charge in [0.15, 0.2) is 0 Å². The third kappa shape index (κ3) is 4.74. The fourth-order valence-electron chi connectivity index (χ4n) is 2.74. The van der Waals surface area contributed by atoms with E-state index < -0.39 is 5.97 Å². The summed E-state index contributed by atoms with van der Waals surface area (Å²) in [5.41, 5.74) is 1.19. The minimum Gasteiger partial charge on any atom is -0.481 e. The lowest BCUT2D eigenvalue weighted by Crippen LogP contribution is -2.30. The largest absolute Gasteiger partial charge is 0.481 e. The van der Waals surface area contributed by atoms with Crippen molar-refractivity contribution < 1.29 is 14.7 Å². The van der Waals surface area contributed by atoms with Crippen molar-refractivity contribution in [3.63, 3.8) is 0 Å². The summed E-state index contributed by atoms with van der Waals surface area (Å²) >= 11 is 5.82. The van der Waals surface area contributed by atoms with Crippen LogP contribution in [0, 0.1) is 11.8 Å². The van der Waals surface area contributed by atoms with Gasteiger partial charge < -0.3 is 10.4 Å². The van der Waals surface area contributed by atoms with Crippen LogP contribution in [-0.2, 0) is 16.0 Å². The highest BCUT2D eigenvalue weighted by Crippen LogP contribution is 2.31. The van der Waals surface area contributed by atoms with Gasteiger partial charge in [0.25, 0.3) is 0 Å². The number of benzene rings is 1. The topological polar surface area (TPSA) is 66.4 Å². The number of amides is 1. The normalized spacial score (nSPS) is 21.2. The molecule has 5 heteroatoms. The molecule has 0 aliphatic heterocycles. The average molecular weight is 310 g/mol. The number of aryl methyl sites for hydroxylation is 1. The van der Waals surface area contributed by atoms with Crippen LogP contribution >= 0.6 is 11.6 Å². The molecular weight excluding hydrogens is 290 g/mol. The fourth-order valence-corrected chi connectivity index (χ4v) is 2.87. The van der Waals surface area contributed by atoms with Gasteiger partial charge in [0.05, 0.1) is 5.92 Å². The van der Waals surface area contributed by atoms with Crippen molar-refractivity contribution in [2.75, 3.05) is 6.54 Å². The second kappa shape index (κ2) is 7.46. The number of carbonyl (C=O) groups is 2. The van der Waals surface area contributed by atoms with Crippen molar-refractivity contribution in [1.82, 2.24) is 5.32 Å². The van der Waals surface area contributed by atoms with Crippen LogP contribution in [0.15, 0.2) is 24.3 Å². The second-order valence-electron chi connectivity index (χ2n) is 5.57. The third-order valence-electron chi connectivity index (χ3n) is 4.01. The van der Waals surface area contributed by atoms with Crippen LogP contribution in [0.3, 0.4) is 0 Å². The van der Waals surface area contributed by atoms with Crippen molar-refractivity contribution in [3.8, 4) is 0 Å². The molecule has 1 aliphatic rings. The molecule has 0 bridgehead atoms. The van der Waals surface area contributed by atoms with Gasteiger partial charge in [-0.15, -0.1) is 0 Å². The molecule has 2 N–H and O–H groups in total. The number of carboxylic acid groups (broad SMARTS) is 1. The number of hydrogen-bond donors (Lipinski definition) is 2. The highest BCUT2D eigenvalue weighted by Gasteiger charge is 2.33. The predicted molar refractivity (Wildman–Crippen MR) is 81.2 cm³/mol. The molecule has 1 aromatic rings. The summed E-state index contributed by atoms with van der Waals surface area (Å²) in [6, 6.07) is 7.69. The van der Waals surface area contributed by atoms with Crippen LogP contribution in [0.2, 0.25) is 5.02 Å². The smallest absolute Gasteiger partial charge is 0.306 e. The highest BCUT2D eigenvalue weighted by atomic mass is 35.5. The van der Waals surface area contributed by atoms with Gasteiger partial charge in [-0.1, -0.05) is 23.7 Å². The molecule has 114 valence electrons. The number of carboxylic acids is 1. The van der Waals surface area contributed by atoms with Crippen molar-refractivity contribution in [2.45, 2.75) is 32.1 Å². The summed E-state index contributed by atoms with van der Waals surface area (Å²) < 4.78 is 0. The summed E-state index contributed by atoms with van der Waals surface area (Å²) in [5.74, 6) is -1.28. The summed E-state index contributed by atoms with van der Waals surface area (Å²) in [7, 11) is 0. The van der Waals surface area contributed by atoms with E-state index in [1.807, 2.05) is 24.3 Å². The Kier molecular flexibility index (Phi) is 5.62. The Morgan fingerprint density at radius 1 is 1.19 bits per heavy atom. The number of carbonyl (C=O) groups excluding carboxylic acids is 1. The van der Waals surface area contributed by atoms with Gasteiger partial charge in [0.1, 0.15) is 0 Å². The van der Waals surface area contributed by atoms with Crippen molar-refractivity contribution >= 4 is 23.5 Å². The average Bonchev–Trinajstić information content (AvgIpc) is 2.95. The lowest BCUT2D eigenvalue weighted by molar-refractivity contribution is -0.141. The van der Waals surface area contributed by atoms with E-state index in [4.69, 9.17) is 16.7 Å². The molecule has 4 nitrogen and oxygen atoms in total. The van der Waals surface area contributed by atoms with Crippen LogP contribution in [0.4, 0.5) is 0 Å². The molecule has 0 saturated heterocycles. The van der Waals surface area contributed by atoms with Crippen LogP contribution in [0.1, 0.15) is 31.2 Å². The van der Waals surface area contributed by atoms with Gasteiger partial charge in [-0.25, -0.2) is 0 Å². The second-order valence-corrected chi connectivity index (χ2v) is 6.00. The van der Waals surface area contributed by atoms with E-state index in [1.165, 1.54) is 5.56 Å². The van der Waals surface area contributed by atoms with E-state index in [2.05, 4.69) is 5.32 Å². The molecule has 2 rings (SSSR count). The molecule has 21 heavy (non-hydrogen) atoms. The van der Waals surface area contributed by atoms with E-state index in [1.54, 1.807) is 0 Å². The molecule has 0 radical (unpaired) electrons. The molecule has 1 aliphatic carbocycles. The molecular formula is C16H20ClNO3. The molecule has 0 spiro atoms. The first-order chi connectivity index (χ1) is 10.1. The van der Waals surface area contributed by atoms with Gasteiger partial charge in [0.2, 0.25) is 5.91 Å². The minimum atomic E-state index is -0.784. The standard InChI is InChI=1S/C16H20ClNO3/c17-14-7-3-11(4-8-14)2-1-9-18-15(19)12-5-6-13(10-12)16(20)21/h3-4,7-8,12-13H,1-2,5-6,9-10H2,(H,18,19)(H,20,21)/t12-,13+/m0/s1. The van der Waals surface area contributed by atoms with Crippen LogP contribution < -0.4 is 5.32 Å². The highest BCUT2D eigenvalue weighted by molar-refractivity contribution is 6.30. The summed E-state index contributed by atoms with van der Waals surface area (Å²) in [4.78, 5) is 22.8. The molecule has 0 aromatic heterocycles. The quantitative estimate of drug-likeness (QED) is 0.794. The molecule has 0 heterocycles. The Hall–Kier alpha value is -1.55. The Bertz CT molecular complexity index is 501. The molecule has 2 atom stereocenters. The van der Waals surface area contributed by atoms with Crippen molar-refractivity contribution in [3.05, 3.63) is 34.9 Å². The lowest BCUT2D eigenvalue weighted by Gasteiger charge is -2.10. The van der Waals surface area contributed by atoms with Gasteiger partial charge in [-0.3, -0.25) is 9.59 Å². The van der Waals surface area contributed by atoms with Crippen LogP contribution in [-0.4, -0.2) is 23.5 Å². The summed E-state index contributed by atoms with van der Waals surface area (Å²) in [6.45, 7) is 0.621. The Labute approximate surface area is 129 Å². The van der Waals surface area contributed by atoms with E-state index in [-0.39, 0.29) is 17.7 Å². The van der Waals surface area contributed by atoms with Gasteiger partial charge in [0, 0.05) is 17.5 Å². The zero-order valence-electron chi connectivity index (χ0n) is 11.8. The molecule has 1 fully saturated rings. The maximum absolute atomic E-state index is 11.9. The van der Waals surface area contributed by atoms with Gasteiger partial charge in [-0.05, 0) is 49.8 Å². The van der Waals surface area contributed by atoms with Crippen molar-refractivity contribution in [2.24, 2.45) is 11.8 Å². The maximum Gasteiger partial charge on any atom is 0.306 e. The van der Waals surface area contributed by atoms with E-state index in [9.17, 15) is 9.59 Å². The van der Waals surface area contributed by atoms with E-state index in [0.717, 1.165) is 17.9 Å².